The van der Waals surface area contributed by atoms with Crippen molar-refractivity contribution < 1.29 is 19.5 Å². The van der Waals surface area contributed by atoms with E-state index in [0.29, 0.717) is 0 Å². The Morgan fingerprint density at radius 1 is 1.33 bits per heavy atom. The third-order valence-electron chi connectivity index (χ3n) is 4.10. The number of nitrogens with zero attached hydrogens (tertiary/aromatic N) is 1. The van der Waals surface area contributed by atoms with Crippen molar-refractivity contribution in [3.63, 3.8) is 0 Å². The maximum absolute atomic E-state index is 12.3. The first-order valence-corrected chi connectivity index (χ1v) is 9.38. The number of carboxylic acid groups (broad SMARTS) is 1. The zero-order chi connectivity index (χ0) is 17.5. The normalized spacial score (nSPS) is 27.3. The van der Waals surface area contributed by atoms with Crippen LogP contribution in [0.25, 0.3) is 0 Å². The van der Waals surface area contributed by atoms with Crippen molar-refractivity contribution in [3.05, 3.63) is 30.3 Å². The van der Waals surface area contributed by atoms with Crippen LogP contribution in [0.15, 0.2) is 35.2 Å². The Bertz CT molecular complexity index is 680. The van der Waals surface area contributed by atoms with Crippen molar-refractivity contribution in [1.29, 1.82) is 0 Å². The number of thioether (sulfide) groups is 2. The van der Waals surface area contributed by atoms with Crippen LogP contribution in [0, 0.1) is 0 Å². The SMILES string of the molecule is CC1(C)S[C@@H]2[C@H](NC(=O)CSc3ccccc3)C(=O)N2[C@H]1C(=O)O. The van der Waals surface area contributed by atoms with Gasteiger partial charge in [-0.2, -0.15) is 0 Å². The first-order chi connectivity index (χ1) is 11.3. The third kappa shape index (κ3) is 3.00. The van der Waals surface area contributed by atoms with Gasteiger partial charge in [-0.25, -0.2) is 4.79 Å². The van der Waals surface area contributed by atoms with E-state index in [4.69, 9.17) is 0 Å². The summed E-state index contributed by atoms with van der Waals surface area (Å²) in [5, 5.41) is 11.8. The first kappa shape index (κ1) is 17.2. The predicted octanol–water partition coefficient (Wildman–Crippen LogP) is 1.41. The highest BCUT2D eigenvalue weighted by atomic mass is 32.2. The largest absolute Gasteiger partial charge is 0.480 e. The molecule has 128 valence electrons. The summed E-state index contributed by atoms with van der Waals surface area (Å²) in [6.07, 6.45) is 0. The predicted molar refractivity (Wildman–Crippen MR) is 92.8 cm³/mol. The average molecular weight is 366 g/mol. The van der Waals surface area contributed by atoms with Crippen LogP contribution in [0.3, 0.4) is 0 Å². The molecule has 0 bridgehead atoms. The van der Waals surface area contributed by atoms with Crippen LogP contribution in [0.4, 0.5) is 0 Å². The highest BCUT2D eigenvalue weighted by Gasteiger charge is 2.64. The quantitative estimate of drug-likeness (QED) is 0.605. The molecule has 0 radical (unpaired) electrons. The summed E-state index contributed by atoms with van der Waals surface area (Å²) in [4.78, 5) is 38.2. The molecule has 2 fully saturated rings. The Hall–Kier alpha value is -1.67. The fourth-order valence-corrected chi connectivity index (χ4v) is 5.38. The Morgan fingerprint density at radius 2 is 2.00 bits per heavy atom. The van der Waals surface area contributed by atoms with Crippen molar-refractivity contribution in [2.45, 2.75) is 40.9 Å². The molecule has 3 rings (SSSR count). The van der Waals surface area contributed by atoms with Crippen LogP contribution in [-0.2, 0) is 14.4 Å². The summed E-state index contributed by atoms with van der Waals surface area (Å²) in [6.45, 7) is 3.62. The molecule has 2 amide bonds. The van der Waals surface area contributed by atoms with E-state index in [0.717, 1.165) is 4.90 Å². The first-order valence-electron chi connectivity index (χ1n) is 7.51. The maximum Gasteiger partial charge on any atom is 0.327 e. The van der Waals surface area contributed by atoms with Gasteiger partial charge < -0.3 is 15.3 Å². The topological polar surface area (TPSA) is 86.7 Å². The minimum atomic E-state index is -1.01. The molecular weight excluding hydrogens is 348 g/mol. The summed E-state index contributed by atoms with van der Waals surface area (Å²) in [6, 6.07) is 8.05. The molecule has 1 aromatic carbocycles. The van der Waals surface area contributed by atoms with Gasteiger partial charge in [0.15, 0.2) is 0 Å². The molecule has 0 aliphatic carbocycles. The fourth-order valence-electron chi connectivity index (χ4n) is 3.03. The number of aliphatic carboxylic acids is 1. The van der Waals surface area contributed by atoms with Crippen LogP contribution in [0.1, 0.15) is 13.8 Å². The zero-order valence-corrected chi connectivity index (χ0v) is 14.9. The number of hydrogen-bond donors (Lipinski definition) is 2. The van der Waals surface area contributed by atoms with E-state index in [1.807, 2.05) is 44.2 Å². The minimum Gasteiger partial charge on any atom is -0.480 e. The van der Waals surface area contributed by atoms with E-state index >= 15 is 0 Å². The number of fused-ring (bicyclic) bond motifs is 1. The van der Waals surface area contributed by atoms with Gasteiger partial charge in [0.05, 0.1) is 5.75 Å². The van der Waals surface area contributed by atoms with E-state index in [-0.39, 0.29) is 22.9 Å². The van der Waals surface area contributed by atoms with Crippen LogP contribution in [0.5, 0.6) is 0 Å². The minimum absolute atomic E-state index is 0.219. The van der Waals surface area contributed by atoms with E-state index in [1.165, 1.54) is 28.4 Å². The molecule has 2 saturated heterocycles. The van der Waals surface area contributed by atoms with E-state index < -0.39 is 22.8 Å². The van der Waals surface area contributed by atoms with Crippen molar-refractivity contribution in [3.8, 4) is 0 Å². The molecule has 2 N–H and O–H groups in total. The number of carbonyl (C=O) groups excluding carboxylic acids is 2. The summed E-state index contributed by atoms with van der Waals surface area (Å²) in [7, 11) is 0. The highest BCUT2D eigenvalue weighted by Crippen LogP contribution is 2.50. The van der Waals surface area contributed by atoms with Gasteiger partial charge in [0.25, 0.3) is 0 Å². The van der Waals surface area contributed by atoms with Gasteiger partial charge in [0.1, 0.15) is 17.5 Å². The lowest BCUT2D eigenvalue weighted by Crippen LogP contribution is -2.70. The smallest absolute Gasteiger partial charge is 0.327 e. The number of rotatable bonds is 5. The molecule has 8 heteroatoms. The summed E-state index contributed by atoms with van der Waals surface area (Å²) < 4.78 is -0.579. The molecule has 1 aromatic rings. The summed E-state index contributed by atoms with van der Waals surface area (Å²) >= 11 is 2.82. The van der Waals surface area contributed by atoms with Gasteiger partial charge in [0, 0.05) is 9.64 Å². The molecule has 0 aromatic heterocycles. The lowest BCUT2D eigenvalue weighted by Gasteiger charge is -2.43. The van der Waals surface area contributed by atoms with Crippen LogP contribution >= 0.6 is 23.5 Å². The standard InChI is InChI=1S/C16H18N2O4S2/c1-16(2)12(15(21)22)18-13(20)11(14(18)24-16)17-10(19)8-23-9-6-4-3-5-7-9/h3-7,11-12,14H,8H2,1-2H3,(H,17,19)(H,21,22)/t11-,12+,14-/m1/s1. The van der Waals surface area contributed by atoms with Crippen LogP contribution < -0.4 is 5.32 Å². The second-order valence-corrected chi connectivity index (χ2v) is 9.06. The molecule has 3 atom stereocenters. The average Bonchev–Trinajstić information content (AvgIpc) is 2.80. The fraction of sp³-hybridized carbons (Fsp3) is 0.438. The lowest BCUT2D eigenvalue weighted by atomic mass is 9.96. The lowest BCUT2D eigenvalue weighted by molar-refractivity contribution is -0.160. The van der Waals surface area contributed by atoms with E-state index in [9.17, 15) is 19.5 Å². The highest BCUT2D eigenvalue weighted by molar-refractivity contribution is 8.01. The Labute approximate surface area is 148 Å². The number of benzene rings is 1. The van der Waals surface area contributed by atoms with Crippen LogP contribution in [-0.4, -0.2) is 55.7 Å². The van der Waals surface area contributed by atoms with Gasteiger partial charge in [-0.1, -0.05) is 18.2 Å². The monoisotopic (exact) mass is 366 g/mol. The molecule has 2 heterocycles. The van der Waals surface area contributed by atoms with Crippen molar-refractivity contribution in [1.82, 2.24) is 10.2 Å². The molecule has 0 spiro atoms. The van der Waals surface area contributed by atoms with Gasteiger partial charge in [-0.05, 0) is 26.0 Å². The molecule has 6 nitrogen and oxygen atoms in total. The number of hydrogen-bond acceptors (Lipinski definition) is 5. The number of carboxylic acids is 1. The van der Waals surface area contributed by atoms with Gasteiger partial charge in [-0.3, -0.25) is 9.59 Å². The molecule has 2 aliphatic heterocycles. The number of nitrogens with one attached hydrogen (secondary N) is 1. The van der Waals surface area contributed by atoms with E-state index in [1.54, 1.807) is 0 Å². The molecule has 2 aliphatic rings. The zero-order valence-electron chi connectivity index (χ0n) is 13.3. The molecule has 0 saturated carbocycles. The maximum atomic E-state index is 12.3. The van der Waals surface area contributed by atoms with E-state index in [2.05, 4.69) is 5.32 Å². The Balaban J connectivity index is 1.59. The second kappa shape index (κ2) is 6.33. The Kier molecular flexibility index (Phi) is 4.52. The summed E-state index contributed by atoms with van der Waals surface area (Å²) in [5.41, 5.74) is 0. The number of carbonyl (C=O) groups is 3. The van der Waals surface area contributed by atoms with Gasteiger partial charge >= 0.3 is 5.97 Å². The van der Waals surface area contributed by atoms with Gasteiger partial charge in [0.2, 0.25) is 11.8 Å². The number of amides is 2. The molecule has 24 heavy (non-hydrogen) atoms. The van der Waals surface area contributed by atoms with Gasteiger partial charge in [-0.15, -0.1) is 23.5 Å². The van der Waals surface area contributed by atoms with Crippen molar-refractivity contribution >= 4 is 41.3 Å². The third-order valence-corrected chi connectivity index (χ3v) is 6.69. The number of β-lactam (4-membered cyclic amide) rings is 1. The summed E-state index contributed by atoms with van der Waals surface area (Å²) in [5.74, 6) is -1.33. The second-order valence-electron chi connectivity index (χ2n) is 6.25. The molecular formula is C16H18N2O4S2. The molecule has 0 unspecified atom stereocenters. The van der Waals surface area contributed by atoms with Crippen molar-refractivity contribution in [2.24, 2.45) is 0 Å². The Morgan fingerprint density at radius 3 is 2.62 bits per heavy atom. The van der Waals surface area contributed by atoms with Crippen molar-refractivity contribution in [2.75, 3.05) is 5.75 Å². The van der Waals surface area contributed by atoms with Crippen LogP contribution in [0.2, 0.25) is 0 Å².